The van der Waals surface area contributed by atoms with Crippen LogP contribution in [0.4, 0.5) is 11.4 Å². The number of nitrogens with one attached hydrogen (secondary N) is 2. The first-order chi connectivity index (χ1) is 13.0. The molecule has 3 aromatic rings. The third-order valence-electron chi connectivity index (χ3n) is 3.65. The highest BCUT2D eigenvalue weighted by Gasteiger charge is 2.09. The van der Waals surface area contributed by atoms with Crippen molar-refractivity contribution in [3.05, 3.63) is 59.5 Å². The second kappa shape index (κ2) is 8.83. The summed E-state index contributed by atoms with van der Waals surface area (Å²) in [7, 11) is 0. The molecule has 0 radical (unpaired) electrons. The molecule has 0 unspecified atom stereocenters. The van der Waals surface area contributed by atoms with Gasteiger partial charge in [-0.2, -0.15) is 0 Å². The zero-order chi connectivity index (χ0) is 19.2. The number of rotatable bonds is 6. The summed E-state index contributed by atoms with van der Waals surface area (Å²) in [6.45, 7) is 3.51. The zero-order valence-electron chi connectivity index (χ0n) is 15.0. The topological polar surface area (TPSA) is 71.1 Å². The molecule has 2 N–H and O–H groups in total. The molecule has 2 amide bonds. The van der Waals surface area contributed by atoms with Crippen LogP contribution in [-0.4, -0.2) is 22.6 Å². The fourth-order valence-electron chi connectivity index (χ4n) is 2.34. The first-order valence-corrected chi connectivity index (χ1v) is 10.2. The van der Waals surface area contributed by atoms with E-state index in [1.54, 1.807) is 24.3 Å². The van der Waals surface area contributed by atoms with Crippen LogP contribution in [0.2, 0.25) is 0 Å². The van der Waals surface area contributed by atoms with Crippen LogP contribution >= 0.6 is 23.1 Å². The Morgan fingerprint density at radius 2 is 1.63 bits per heavy atom. The number of thiazole rings is 1. The molecule has 0 aliphatic heterocycles. The fraction of sp³-hybridized carbons (Fsp3) is 0.150. The van der Waals surface area contributed by atoms with Crippen molar-refractivity contribution in [2.24, 2.45) is 0 Å². The Morgan fingerprint density at radius 3 is 2.26 bits per heavy atom. The maximum atomic E-state index is 12.1. The summed E-state index contributed by atoms with van der Waals surface area (Å²) >= 11 is 2.95. The molecule has 2 aromatic carbocycles. The van der Waals surface area contributed by atoms with Gasteiger partial charge in [0.05, 0.1) is 11.4 Å². The van der Waals surface area contributed by atoms with Crippen molar-refractivity contribution >= 4 is 46.3 Å². The number of hydrogen-bond donors (Lipinski definition) is 2. The Labute approximate surface area is 166 Å². The fourth-order valence-corrected chi connectivity index (χ4v) is 3.98. The van der Waals surface area contributed by atoms with E-state index in [9.17, 15) is 9.59 Å². The second-order valence-corrected chi connectivity index (χ2v) is 8.04. The van der Waals surface area contributed by atoms with Gasteiger partial charge in [0.1, 0.15) is 0 Å². The van der Waals surface area contributed by atoms with Crippen molar-refractivity contribution < 1.29 is 9.59 Å². The van der Waals surface area contributed by atoms with Crippen molar-refractivity contribution in [2.45, 2.75) is 18.2 Å². The van der Waals surface area contributed by atoms with E-state index in [1.807, 2.05) is 5.38 Å². The Kier molecular flexibility index (Phi) is 6.26. The summed E-state index contributed by atoms with van der Waals surface area (Å²) in [5.74, 6) is 0.0601. The van der Waals surface area contributed by atoms with Gasteiger partial charge in [0.15, 0.2) is 4.34 Å². The molecular formula is C20H19N3O2S2. The minimum atomic E-state index is -0.128. The van der Waals surface area contributed by atoms with Crippen LogP contribution < -0.4 is 10.6 Å². The van der Waals surface area contributed by atoms with Gasteiger partial charge in [0.25, 0.3) is 0 Å². The number of aromatic nitrogens is 1. The van der Waals surface area contributed by atoms with Gasteiger partial charge in [0.2, 0.25) is 11.8 Å². The number of carbonyl (C=O) groups excluding carboxylic acids is 2. The number of carbonyl (C=O) groups is 2. The molecule has 1 aromatic heterocycles. The summed E-state index contributed by atoms with van der Waals surface area (Å²) in [4.78, 5) is 27.7. The van der Waals surface area contributed by atoms with Gasteiger partial charge in [-0.25, -0.2) is 4.98 Å². The molecule has 0 bridgehead atoms. The predicted molar refractivity (Wildman–Crippen MR) is 112 cm³/mol. The first-order valence-electron chi connectivity index (χ1n) is 8.32. The normalized spacial score (nSPS) is 10.4. The molecule has 5 nitrogen and oxygen atoms in total. The van der Waals surface area contributed by atoms with E-state index < -0.39 is 0 Å². The molecule has 27 heavy (non-hydrogen) atoms. The van der Waals surface area contributed by atoms with Crippen LogP contribution in [0.1, 0.15) is 12.5 Å². The molecule has 0 aliphatic carbocycles. The monoisotopic (exact) mass is 397 g/mol. The molecule has 0 spiro atoms. The Balaban J connectivity index is 1.52. The summed E-state index contributed by atoms with van der Waals surface area (Å²) in [5.41, 5.74) is 4.60. The molecule has 3 rings (SSSR count). The van der Waals surface area contributed by atoms with Crippen LogP contribution in [0.5, 0.6) is 0 Å². The van der Waals surface area contributed by atoms with Gasteiger partial charge in [0, 0.05) is 29.2 Å². The molecule has 0 fully saturated rings. The number of benzene rings is 2. The second-order valence-electron chi connectivity index (χ2n) is 5.96. The smallest absolute Gasteiger partial charge is 0.234 e. The number of amides is 2. The van der Waals surface area contributed by atoms with E-state index in [0.717, 1.165) is 15.6 Å². The van der Waals surface area contributed by atoms with E-state index in [-0.39, 0.29) is 17.6 Å². The lowest BCUT2D eigenvalue weighted by molar-refractivity contribution is -0.114. The van der Waals surface area contributed by atoms with E-state index in [0.29, 0.717) is 11.4 Å². The predicted octanol–water partition coefficient (Wildman–Crippen LogP) is 4.81. The van der Waals surface area contributed by atoms with Crippen molar-refractivity contribution in [3.8, 4) is 11.3 Å². The average Bonchev–Trinajstić information content (AvgIpc) is 3.11. The minimum Gasteiger partial charge on any atom is -0.326 e. The lowest BCUT2D eigenvalue weighted by atomic mass is 10.1. The van der Waals surface area contributed by atoms with Gasteiger partial charge in [-0.1, -0.05) is 41.6 Å². The van der Waals surface area contributed by atoms with Crippen LogP contribution in [0.15, 0.2) is 58.3 Å². The maximum absolute atomic E-state index is 12.1. The Morgan fingerprint density at radius 1 is 1.00 bits per heavy atom. The highest BCUT2D eigenvalue weighted by Crippen LogP contribution is 2.28. The molecule has 0 saturated carbocycles. The largest absolute Gasteiger partial charge is 0.326 e. The maximum Gasteiger partial charge on any atom is 0.234 e. The van der Waals surface area contributed by atoms with Crippen molar-refractivity contribution in [3.63, 3.8) is 0 Å². The van der Waals surface area contributed by atoms with Crippen LogP contribution in [-0.2, 0) is 9.59 Å². The molecule has 0 aliphatic rings. The Hall–Kier alpha value is -2.64. The van der Waals surface area contributed by atoms with Crippen LogP contribution in [0.3, 0.4) is 0 Å². The summed E-state index contributed by atoms with van der Waals surface area (Å²) < 4.78 is 0.863. The van der Waals surface area contributed by atoms with Crippen LogP contribution in [0, 0.1) is 6.92 Å². The van der Waals surface area contributed by atoms with E-state index >= 15 is 0 Å². The molecule has 0 saturated heterocycles. The number of anilines is 2. The van der Waals surface area contributed by atoms with Crippen molar-refractivity contribution in [1.29, 1.82) is 0 Å². The lowest BCUT2D eigenvalue weighted by Gasteiger charge is -2.06. The van der Waals surface area contributed by atoms with Gasteiger partial charge in [-0.15, -0.1) is 11.3 Å². The standard InChI is InChI=1S/C20H19N3O2S2/c1-13-3-5-15(6-4-13)18-11-26-20(23-18)27-12-19(25)22-17-9-7-16(8-10-17)21-14(2)24/h3-11H,12H2,1-2H3,(H,21,24)(H,22,25). The third kappa shape index (κ3) is 5.67. The van der Waals surface area contributed by atoms with Crippen LogP contribution in [0.25, 0.3) is 11.3 Å². The molecule has 1 heterocycles. The Bertz CT molecular complexity index is 935. The molecule has 0 atom stereocenters. The molecule has 138 valence electrons. The first kappa shape index (κ1) is 19.1. The van der Waals surface area contributed by atoms with Gasteiger partial charge in [-0.05, 0) is 31.2 Å². The van der Waals surface area contributed by atoms with Gasteiger partial charge < -0.3 is 10.6 Å². The molecule has 7 heteroatoms. The van der Waals surface area contributed by atoms with E-state index in [2.05, 4.69) is 46.8 Å². The highest BCUT2D eigenvalue weighted by atomic mass is 32.2. The number of hydrogen-bond acceptors (Lipinski definition) is 5. The quantitative estimate of drug-likeness (QED) is 0.586. The summed E-state index contributed by atoms with van der Waals surface area (Å²) in [6, 6.07) is 15.2. The highest BCUT2D eigenvalue weighted by molar-refractivity contribution is 8.01. The zero-order valence-corrected chi connectivity index (χ0v) is 16.6. The summed E-state index contributed by atoms with van der Waals surface area (Å²) in [6.07, 6.45) is 0. The average molecular weight is 398 g/mol. The van der Waals surface area contributed by atoms with Gasteiger partial charge in [-0.3, -0.25) is 9.59 Å². The van der Waals surface area contributed by atoms with Crippen molar-refractivity contribution in [2.75, 3.05) is 16.4 Å². The number of thioether (sulfide) groups is 1. The number of nitrogens with zero attached hydrogens (tertiary/aromatic N) is 1. The lowest BCUT2D eigenvalue weighted by Crippen LogP contribution is -2.14. The molecular weight excluding hydrogens is 378 g/mol. The number of aryl methyl sites for hydroxylation is 1. The summed E-state index contributed by atoms with van der Waals surface area (Å²) in [5, 5.41) is 7.54. The van der Waals surface area contributed by atoms with E-state index in [1.165, 1.54) is 35.6 Å². The van der Waals surface area contributed by atoms with Gasteiger partial charge >= 0.3 is 0 Å². The SMILES string of the molecule is CC(=O)Nc1ccc(NC(=O)CSc2nc(-c3ccc(C)cc3)cs2)cc1. The third-order valence-corrected chi connectivity index (χ3v) is 5.67. The van der Waals surface area contributed by atoms with Crippen molar-refractivity contribution in [1.82, 2.24) is 4.98 Å². The van der Waals surface area contributed by atoms with E-state index in [4.69, 9.17) is 0 Å². The minimum absolute atomic E-state index is 0.0978.